The van der Waals surface area contributed by atoms with Gasteiger partial charge in [-0.05, 0) is 193 Å². The fourth-order valence-electron chi connectivity index (χ4n) is 17.6. The molecule has 0 bridgehead atoms. The first-order valence-corrected chi connectivity index (χ1v) is 35.5. The number of benzene rings is 12. The average Bonchev–Trinajstić information content (AvgIpc) is 1.47. The Morgan fingerprint density at radius 1 is 0.255 bits per heavy atom. The lowest BCUT2D eigenvalue weighted by atomic mass is 9.46. The van der Waals surface area contributed by atoms with Crippen LogP contribution in [0.15, 0.2) is 313 Å². The zero-order valence-corrected chi connectivity index (χ0v) is 57.4. The monoisotopic (exact) mass is 1420 g/mol. The molecule has 0 amide bonds. The molecule has 0 unspecified atom stereocenters. The summed E-state index contributed by atoms with van der Waals surface area (Å²) in [7, 11) is 0. The summed E-state index contributed by atoms with van der Waals surface area (Å²) >= 11 is 0. The Hall–Kier alpha value is -11.2. The zero-order chi connectivity index (χ0) is 73.7. The van der Waals surface area contributed by atoms with Crippen molar-refractivity contribution in [3.63, 3.8) is 0 Å². The fourth-order valence-corrected chi connectivity index (χ4v) is 17.6. The van der Waals surface area contributed by atoms with Crippen LogP contribution in [0.1, 0.15) is 140 Å². The van der Waals surface area contributed by atoms with Gasteiger partial charge in [-0.15, -0.1) is 0 Å². The molecule has 6 aliphatic carbocycles. The molecular weight excluding hydrogens is 1360 g/mol. The molecule has 6 aliphatic rings. The number of hydrogen-bond donors (Lipinski definition) is 0. The molecule has 12 heteroatoms. The molecule has 0 saturated heterocycles. The Morgan fingerprint density at radius 2 is 0.462 bits per heavy atom. The molecule has 0 N–H and O–H groups in total. The minimum Gasteiger partial charge on any atom is -0.166 e. The van der Waals surface area contributed by atoms with Crippen molar-refractivity contribution < 1.29 is 52.7 Å². The van der Waals surface area contributed by atoms with Crippen molar-refractivity contribution in [2.75, 3.05) is 0 Å². The summed E-state index contributed by atoms with van der Waals surface area (Å²) in [5.41, 5.74) is 20.0. The second-order valence-electron chi connectivity index (χ2n) is 27.7. The molecule has 18 rings (SSSR count). The Morgan fingerprint density at radius 3 is 0.689 bits per heavy atom. The standard InChI is InChI=1S/2C44H26F6.C6H14/c2*45-43(46,47)28-21-17-26(18-22-28)25-38-40(39-34-13-3-1-9-30(34)31-10-2-4-14-35(31)39)41(27-19-23-29(24-20-27)44(48,49)50)42(38)36-15-7-5-11-32(36)33-12-6-8-16-37(33)42;1-3-5-6-4-2/h2*1-25,41H;3-6H2,1-2H3/b2*38-25-;/t2*41-;/m10./s1. The maximum atomic E-state index is 13.9. The number of allylic oxidation sites excluding steroid dienone is 4. The first-order chi connectivity index (χ1) is 51.1. The van der Waals surface area contributed by atoms with Crippen molar-refractivity contribution in [2.24, 2.45) is 0 Å². The van der Waals surface area contributed by atoms with Crippen molar-refractivity contribution in [3.8, 4) is 44.5 Å². The summed E-state index contributed by atoms with van der Waals surface area (Å²) in [5.74, 6) is -0.853. The Bertz CT molecular complexity index is 5010. The van der Waals surface area contributed by atoms with Gasteiger partial charge in [-0.25, -0.2) is 0 Å². The molecule has 0 heterocycles. The number of rotatable bonds is 7. The van der Waals surface area contributed by atoms with Gasteiger partial charge in [0.1, 0.15) is 0 Å². The van der Waals surface area contributed by atoms with Crippen LogP contribution in [0.3, 0.4) is 0 Å². The third-order valence-corrected chi connectivity index (χ3v) is 22.0. The van der Waals surface area contributed by atoms with Gasteiger partial charge in [0.25, 0.3) is 0 Å². The molecule has 12 aromatic carbocycles. The van der Waals surface area contributed by atoms with E-state index in [-0.39, 0.29) is 0 Å². The van der Waals surface area contributed by atoms with E-state index in [1.165, 1.54) is 49.9 Å². The van der Waals surface area contributed by atoms with Crippen LogP contribution in [0.2, 0.25) is 0 Å². The Kier molecular flexibility index (Phi) is 17.2. The van der Waals surface area contributed by atoms with E-state index in [2.05, 4.69) is 111 Å². The molecule has 12 aromatic rings. The minimum atomic E-state index is -4.50. The summed E-state index contributed by atoms with van der Waals surface area (Å²) in [5, 5.41) is 0. The van der Waals surface area contributed by atoms with Gasteiger partial charge >= 0.3 is 24.7 Å². The maximum Gasteiger partial charge on any atom is 0.416 e. The van der Waals surface area contributed by atoms with Crippen molar-refractivity contribution >= 4 is 23.3 Å². The van der Waals surface area contributed by atoms with E-state index < -0.39 is 69.6 Å². The van der Waals surface area contributed by atoms with Gasteiger partial charge in [0, 0.05) is 11.8 Å². The van der Waals surface area contributed by atoms with Crippen LogP contribution in [-0.4, -0.2) is 0 Å². The van der Waals surface area contributed by atoms with E-state index in [1.54, 1.807) is 24.3 Å². The molecule has 2 saturated carbocycles. The van der Waals surface area contributed by atoms with Crippen molar-refractivity contribution in [1.82, 2.24) is 0 Å². The molecule has 0 nitrogen and oxygen atoms in total. The normalized spacial score (nSPS) is 17.2. The highest BCUT2D eigenvalue weighted by atomic mass is 19.4. The summed E-state index contributed by atoms with van der Waals surface area (Å²) in [6.07, 6.45) is -8.47. The molecule has 106 heavy (non-hydrogen) atoms. The van der Waals surface area contributed by atoms with E-state index in [0.29, 0.717) is 11.1 Å². The van der Waals surface area contributed by atoms with Gasteiger partial charge in [-0.3, -0.25) is 0 Å². The van der Waals surface area contributed by atoms with Crippen LogP contribution in [-0.2, 0) is 35.5 Å². The smallest absolute Gasteiger partial charge is 0.166 e. The van der Waals surface area contributed by atoms with Gasteiger partial charge in [0.2, 0.25) is 0 Å². The van der Waals surface area contributed by atoms with Crippen molar-refractivity contribution in [2.45, 2.75) is 86.9 Å². The molecule has 526 valence electrons. The van der Waals surface area contributed by atoms with Gasteiger partial charge in [-0.2, -0.15) is 52.7 Å². The lowest BCUT2D eigenvalue weighted by Gasteiger charge is -2.55. The summed E-state index contributed by atoms with van der Waals surface area (Å²) in [4.78, 5) is 0. The molecule has 0 aromatic heterocycles. The highest BCUT2D eigenvalue weighted by Gasteiger charge is 2.64. The van der Waals surface area contributed by atoms with Crippen LogP contribution in [0.5, 0.6) is 0 Å². The predicted molar refractivity (Wildman–Crippen MR) is 398 cm³/mol. The van der Waals surface area contributed by atoms with E-state index in [0.717, 1.165) is 182 Å². The number of fused-ring (bicyclic) bond motifs is 16. The minimum absolute atomic E-state index is 0.426. The van der Waals surface area contributed by atoms with Crippen LogP contribution >= 0.6 is 0 Å². The van der Waals surface area contributed by atoms with Crippen LogP contribution in [0.4, 0.5) is 52.7 Å². The van der Waals surface area contributed by atoms with E-state index in [1.807, 2.05) is 109 Å². The second kappa shape index (κ2) is 26.4. The first-order valence-electron chi connectivity index (χ1n) is 35.5. The summed E-state index contributed by atoms with van der Waals surface area (Å²) < 4.78 is 165. The Balaban J connectivity index is 0.000000151. The SMILES string of the molecule is CCCCCC.FC(F)(F)c1ccc(/C=C2/C(=C3c4ccccc4-c4ccccc43)[C@@H](c3ccc(C(F)(F)F)cc3)C23c2ccccc2-c2ccccc23)cc1.FC(F)(F)c1ccc(/C=C2/C(=C3c4ccccc4-c4ccccc43)[C@H](c3ccc(C(F)(F)F)cc3)C23c2ccccc2-c2ccccc23)cc1. The van der Waals surface area contributed by atoms with Gasteiger partial charge in [0.15, 0.2) is 0 Å². The van der Waals surface area contributed by atoms with Crippen LogP contribution in [0.25, 0.3) is 67.8 Å². The molecular formula is C94H66F12. The molecule has 2 spiro atoms. The summed E-state index contributed by atoms with van der Waals surface area (Å²) in [6.45, 7) is 4.46. The van der Waals surface area contributed by atoms with Gasteiger partial charge in [0.05, 0.1) is 33.1 Å². The molecule has 2 atom stereocenters. The highest BCUT2D eigenvalue weighted by Crippen LogP contribution is 2.75. The van der Waals surface area contributed by atoms with E-state index in [4.69, 9.17) is 0 Å². The Labute approximate surface area is 606 Å². The lowest BCUT2D eigenvalue weighted by molar-refractivity contribution is -0.138. The number of halogens is 12. The number of unbranched alkanes of at least 4 members (excludes halogenated alkanes) is 3. The van der Waals surface area contributed by atoms with Crippen molar-refractivity contribution in [1.29, 1.82) is 0 Å². The second-order valence-corrected chi connectivity index (χ2v) is 27.7. The first kappa shape index (κ1) is 69.1. The van der Waals surface area contributed by atoms with E-state index in [9.17, 15) is 52.7 Å². The summed E-state index contributed by atoms with van der Waals surface area (Å²) in [6, 6.07) is 86.0. The highest BCUT2D eigenvalue weighted by molar-refractivity contribution is 6.09. The van der Waals surface area contributed by atoms with E-state index >= 15 is 0 Å². The quantitative estimate of drug-likeness (QED) is 0.110. The predicted octanol–water partition coefficient (Wildman–Crippen LogP) is 27.3. The number of hydrogen-bond acceptors (Lipinski definition) is 0. The van der Waals surface area contributed by atoms with Crippen LogP contribution < -0.4 is 0 Å². The third kappa shape index (κ3) is 11.2. The molecule has 0 aliphatic heterocycles. The van der Waals surface area contributed by atoms with Crippen molar-refractivity contribution in [3.05, 3.63) is 402 Å². The van der Waals surface area contributed by atoms with Gasteiger partial charge in [-0.1, -0.05) is 294 Å². The lowest BCUT2D eigenvalue weighted by Crippen LogP contribution is -2.47. The average molecular weight is 1420 g/mol. The maximum absolute atomic E-state index is 13.9. The van der Waals surface area contributed by atoms with Crippen LogP contribution in [0, 0.1) is 0 Å². The number of alkyl halides is 12. The zero-order valence-electron chi connectivity index (χ0n) is 57.4. The molecule has 2 fully saturated rings. The van der Waals surface area contributed by atoms with Gasteiger partial charge < -0.3 is 0 Å². The largest absolute Gasteiger partial charge is 0.416 e. The third-order valence-electron chi connectivity index (χ3n) is 22.0. The fraction of sp³-hybridized carbons (Fsp3) is 0.149. The molecule has 0 radical (unpaired) electrons. The topological polar surface area (TPSA) is 0 Å².